The number of rotatable bonds is 6. The summed E-state index contributed by atoms with van der Waals surface area (Å²) in [5.41, 5.74) is 0.588. The van der Waals surface area contributed by atoms with Crippen molar-refractivity contribution in [3.05, 3.63) is 24.3 Å². The van der Waals surface area contributed by atoms with E-state index in [4.69, 9.17) is 0 Å². The lowest BCUT2D eigenvalue weighted by molar-refractivity contribution is 0.0210. The van der Waals surface area contributed by atoms with E-state index in [9.17, 15) is 13.5 Å². The molecule has 0 saturated heterocycles. The average molecular weight is 299 g/mol. The van der Waals surface area contributed by atoms with E-state index in [2.05, 4.69) is 5.32 Å². The van der Waals surface area contributed by atoms with Gasteiger partial charge in [-0.3, -0.25) is 0 Å². The van der Waals surface area contributed by atoms with Gasteiger partial charge in [-0.2, -0.15) is 0 Å². The Morgan fingerprint density at radius 2 is 1.70 bits per heavy atom. The Bertz CT molecular complexity index is 533. The van der Waals surface area contributed by atoms with Gasteiger partial charge in [0.05, 0.1) is 11.0 Å². The molecule has 1 atom stereocenters. The minimum absolute atomic E-state index is 0.194. The van der Waals surface area contributed by atoms with E-state index < -0.39 is 15.9 Å². The van der Waals surface area contributed by atoms with E-state index >= 15 is 0 Å². The first kappa shape index (κ1) is 17.0. The highest BCUT2D eigenvalue weighted by atomic mass is 32.2. The second kappa shape index (κ2) is 6.14. The molecule has 0 fully saturated rings. The van der Waals surface area contributed by atoms with Crippen LogP contribution in [0, 0.1) is 11.3 Å². The summed E-state index contributed by atoms with van der Waals surface area (Å²) < 4.78 is 22.7. The van der Waals surface area contributed by atoms with Gasteiger partial charge in [0.15, 0.2) is 9.84 Å². The summed E-state index contributed by atoms with van der Waals surface area (Å²) in [6.07, 6.45) is 0.794. The summed E-state index contributed by atoms with van der Waals surface area (Å²) in [6, 6.07) is 6.66. The van der Waals surface area contributed by atoms with Gasteiger partial charge in [0.2, 0.25) is 0 Å². The predicted molar refractivity (Wildman–Crippen MR) is 82.7 cm³/mol. The minimum Gasteiger partial charge on any atom is -0.392 e. The highest BCUT2D eigenvalue weighted by Crippen LogP contribution is 2.26. The van der Waals surface area contributed by atoms with Crippen molar-refractivity contribution < 1.29 is 13.5 Å². The zero-order valence-electron chi connectivity index (χ0n) is 12.8. The molecule has 0 heterocycles. The van der Waals surface area contributed by atoms with Crippen molar-refractivity contribution in [2.24, 2.45) is 11.3 Å². The first-order valence-corrected chi connectivity index (χ1v) is 8.65. The van der Waals surface area contributed by atoms with Crippen LogP contribution in [0.4, 0.5) is 5.69 Å². The Morgan fingerprint density at radius 3 is 2.10 bits per heavy atom. The first-order chi connectivity index (χ1) is 9.04. The molecular weight excluding hydrogens is 274 g/mol. The molecule has 0 aliphatic heterocycles. The van der Waals surface area contributed by atoms with E-state index in [1.54, 1.807) is 24.3 Å². The molecule has 0 bridgehead atoms. The van der Waals surface area contributed by atoms with Crippen molar-refractivity contribution in [1.29, 1.82) is 0 Å². The molecule has 0 aromatic heterocycles. The van der Waals surface area contributed by atoms with Gasteiger partial charge < -0.3 is 10.4 Å². The first-order valence-electron chi connectivity index (χ1n) is 6.76. The number of hydrogen-bond acceptors (Lipinski definition) is 4. The molecular formula is C15H25NO3S. The molecule has 0 saturated carbocycles. The van der Waals surface area contributed by atoms with Crippen LogP contribution >= 0.6 is 0 Å². The van der Waals surface area contributed by atoms with Crippen molar-refractivity contribution >= 4 is 15.5 Å². The van der Waals surface area contributed by atoms with Crippen molar-refractivity contribution in [1.82, 2.24) is 0 Å². The van der Waals surface area contributed by atoms with E-state index in [0.717, 1.165) is 5.69 Å². The van der Waals surface area contributed by atoms with Crippen molar-refractivity contribution in [3.8, 4) is 0 Å². The molecule has 4 nitrogen and oxygen atoms in total. The molecule has 1 rings (SSSR count). The Morgan fingerprint density at radius 1 is 1.20 bits per heavy atom. The van der Waals surface area contributed by atoms with Crippen LogP contribution < -0.4 is 5.32 Å². The summed E-state index contributed by atoms with van der Waals surface area (Å²) >= 11 is 0. The topological polar surface area (TPSA) is 66.4 Å². The molecule has 0 aliphatic rings. The van der Waals surface area contributed by atoms with Gasteiger partial charge >= 0.3 is 0 Å². The van der Waals surface area contributed by atoms with Crippen LogP contribution in [0.25, 0.3) is 0 Å². The van der Waals surface area contributed by atoms with Crippen LogP contribution in [0.2, 0.25) is 0 Å². The van der Waals surface area contributed by atoms with Gasteiger partial charge in [0.1, 0.15) is 0 Å². The highest BCUT2D eigenvalue weighted by molar-refractivity contribution is 7.90. The molecule has 2 N–H and O–H groups in total. The van der Waals surface area contributed by atoms with E-state index in [1.165, 1.54) is 6.26 Å². The highest BCUT2D eigenvalue weighted by Gasteiger charge is 2.29. The lowest BCUT2D eigenvalue weighted by atomic mass is 9.80. The van der Waals surface area contributed by atoms with E-state index in [-0.39, 0.29) is 11.3 Å². The molecule has 1 unspecified atom stereocenters. The molecule has 20 heavy (non-hydrogen) atoms. The average Bonchev–Trinajstić information content (AvgIpc) is 2.35. The fourth-order valence-corrected chi connectivity index (χ4v) is 2.79. The zero-order valence-corrected chi connectivity index (χ0v) is 13.7. The van der Waals surface area contributed by atoms with Crippen LogP contribution in [0.1, 0.15) is 27.7 Å². The number of sulfone groups is 1. The maximum atomic E-state index is 11.4. The number of anilines is 1. The fourth-order valence-electron chi connectivity index (χ4n) is 2.16. The second-order valence-electron chi connectivity index (χ2n) is 6.33. The third kappa shape index (κ3) is 4.49. The summed E-state index contributed by atoms with van der Waals surface area (Å²) in [6.45, 7) is 8.62. The maximum Gasteiger partial charge on any atom is 0.175 e. The number of nitrogens with one attached hydrogen (secondary N) is 1. The minimum atomic E-state index is -3.16. The third-order valence-electron chi connectivity index (χ3n) is 3.46. The zero-order chi connectivity index (χ0) is 15.6. The summed E-state index contributed by atoms with van der Waals surface area (Å²) in [4.78, 5) is 0.310. The number of aliphatic hydroxyl groups is 1. The molecule has 0 amide bonds. The van der Waals surface area contributed by atoms with Crippen molar-refractivity contribution in [3.63, 3.8) is 0 Å². The molecule has 0 spiro atoms. The maximum absolute atomic E-state index is 11.4. The number of hydrogen-bond donors (Lipinski definition) is 2. The van der Waals surface area contributed by atoms with Gasteiger partial charge in [0, 0.05) is 23.9 Å². The van der Waals surface area contributed by atoms with Crippen molar-refractivity contribution in [2.45, 2.75) is 38.7 Å². The lowest BCUT2D eigenvalue weighted by Crippen LogP contribution is -2.39. The lowest BCUT2D eigenvalue weighted by Gasteiger charge is -2.33. The monoisotopic (exact) mass is 299 g/mol. The number of benzene rings is 1. The van der Waals surface area contributed by atoms with Gasteiger partial charge in [0.25, 0.3) is 0 Å². The smallest absolute Gasteiger partial charge is 0.175 e. The summed E-state index contributed by atoms with van der Waals surface area (Å²) in [5.74, 6) is 0.194. The van der Waals surface area contributed by atoms with E-state index in [0.29, 0.717) is 11.4 Å². The Kier molecular flexibility index (Phi) is 5.21. The van der Waals surface area contributed by atoms with Gasteiger partial charge in [-0.15, -0.1) is 0 Å². The van der Waals surface area contributed by atoms with E-state index in [1.807, 2.05) is 27.7 Å². The standard InChI is InChI=1S/C15H25NO3S/c1-11(2)14(17)15(3,4)10-16-12-6-8-13(9-7-12)20(5,18)19/h6-9,11,14,16-17H,10H2,1-5H3. The largest absolute Gasteiger partial charge is 0.392 e. The molecule has 1 aromatic carbocycles. The summed E-state index contributed by atoms with van der Waals surface area (Å²) in [5, 5.41) is 13.4. The predicted octanol–water partition coefficient (Wildman–Crippen LogP) is 2.55. The Balaban J connectivity index is 2.71. The normalized spacial score (nSPS) is 14.3. The fraction of sp³-hybridized carbons (Fsp3) is 0.600. The summed E-state index contributed by atoms with van der Waals surface area (Å²) in [7, 11) is -3.16. The quantitative estimate of drug-likeness (QED) is 0.847. The molecule has 0 radical (unpaired) electrons. The van der Waals surface area contributed by atoms with Gasteiger partial charge in [-0.25, -0.2) is 8.42 Å². The molecule has 1 aromatic rings. The molecule has 5 heteroatoms. The SMILES string of the molecule is CC(C)C(O)C(C)(C)CNc1ccc(S(C)(=O)=O)cc1. The van der Waals surface area contributed by atoms with Crippen LogP contribution in [0.3, 0.4) is 0 Å². The van der Waals surface area contributed by atoms with Gasteiger partial charge in [-0.05, 0) is 30.2 Å². The number of aliphatic hydroxyl groups excluding tert-OH is 1. The van der Waals surface area contributed by atoms with Gasteiger partial charge in [-0.1, -0.05) is 27.7 Å². The van der Waals surface area contributed by atoms with Crippen LogP contribution in [-0.2, 0) is 9.84 Å². The van der Waals surface area contributed by atoms with Crippen LogP contribution in [0.5, 0.6) is 0 Å². The second-order valence-corrected chi connectivity index (χ2v) is 8.34. The van der Waals surface area contributed by atoms with Crippen LogP contribution in [0.15, 0.2) is 29.2 Å². The Hall–Kier alpha value is -1.07. The van der Waals surface area contributed by atoms with Crippen molar-refractivity contribution in [2.75, 3.05) is 18.1 Å². The molecule has 0 aliphatic carbocycles. The third-order valence-corrected chi connectivity index (χ3v) is 4.59. The van der Waals surface area contributed by atoms with Crippen LogP contribution in [-0.4, -0.2) is 32.4 Å². The Labute approximate surface area is 122 Å². The molecule has 114 valence electrons.